The minimum atomic E-state index is -0.932. The van der Waals surface area contributed by atoms with Crippen LogP contribution in [0.2, 0.25) is 0 Å². The Morgan fingerprint density at radius 3 is 2.04 bits per heavy atom. The molecule has 1 unspecified atom stereocenters. The standard InChI is InChI=1S/C16H31N5O5/c1-9(2)11(21-15(25)26-16(3,4)5)13(23)20-10(12(17)22)7-6-8-19-14(18)24/h9-11H,6-8H2,1-5H3,(H2,17,22)(H,20,23)(H,21,25)(H3,18,19,24)/t10?,11-/m0/s1. The van der Waals surface area contributed by atoms with Crippen LogP contribution in [0.5, 0.6) is 0 Å². The Hall–Kier alpha value is -2.52. The van der Waals surface area contributed by atoms with Crippen LogP contribution in [0.15, 0.2) is 0 Å². The van der Waals surface area contributed by atoms with Crippen molar-refractivity contribution in [2.45, 2.75) is 65.1 Å². The van der Waals surface area contributed by atoms with Crippen molar-refractivity contribution in [2.75, 3.05) is 6.54 Å². The number of hydrogen-bond acceptors (Lipinski definition) is 5. The number of urea groups is 1. The first-order valence-electron chi connectivity index (χ1n) is 8.46. The van der Waals surface area contributed by atoms with Gasteiger partial charge in [0.05, 0.1) is 0 Å². The van der Waals surface area contributed by atoms with Gasteiger partial charge in [-0.2, -0.15) is 0 Å². The minimum Gasteiger partial charge on any atom is -0.444 e. The minimum absolute atomic E-state index is 0.221. The molecular weight excluding hydrogens is 342 g/mol. The number of hydrogen-bond donors (Lipinski definition) is 5. The van der Waals surface area contributed by atoms with E-state index in [2.05, 4.69) is 16.0 Å². The van der Waals surface area contributed by atoms with Crippen LogP contribution in [0.4, 0.5) is 9.59 Å². The average molecular weight is 373 g/mol. The maximum Gasteiger partial charge on any atom is 0.408 e. The van der Waals surface area contributed by atoms with Crippen molar-refractivity contribution in [2.24, 2.45) is 17.4 Å². The summed E-state index contributed by atoms with van der Waals surface area (Å²) in [7, 11) is 0. The van der Waals surface area contributed by atoms with Crippen LogP contribution in [-0.4, -0.2) is 48.2 Å². The summed E-state index contributed by atoms with van der Waals surface area (Å²) in [6.07, 6.45) is -0.117. The maximum absolute atomic E-state index is 12.5. The maximum atomic E-state index is 12.5. The smallest absolute Gasteiger partial charge is 0.408 e. The molecule has 0 saturated heterocycles. The molecule has 0 saturated carbocycles. The zero-order valence-corrected chi connectivity index (χ0v) is 16.0. The number of carbonyl (C=O) groups excluding carboxylic acids is 4. The summed E-state index contributed by atoms with van der Waals surface area (Å²) in [6, 6.07) is -2.50. The molecule has 0 radical (unpaired) electrons. The monoisotopic (exact) mass is 373 g/mol. The summed E-state index contributed by atoms with van der Waals surface area (Å²) in [6.45, 7) is 8.87. The first kappa shape index (κ1) is 23.5. The molecule has 0 aromatic rings. The van der Waals surface area contributed by atoms with Crippen molar-refractivity contribution >= 4 is 23.9 Å². The van der Waals surface area contributed by atoms with Crippen LogP contribution in [0.3, 0.4) is 0 Å². The van der Waals surface area contributed by atoms with E-state index in [1.54, 1.807) is 34.6 Å². The van der Waals surface area contributed by atoms with Gasteiger partial charge in [-0.05, 0) is 39.5 Å². The lowest BCUT2D eigenvalue weighted by Crippen LogP contribution is -2.55. The van der Waals surface area contributed by atoms with Crippen molar-refractivity contribution in [1.82, 2.24) is 16.0 Å². The molecule has 150 valence electrons. The van der Waals surface area contributed by atoms with E-state index in [-0.39, 0.29) is 18.9 Å². The second-order valence-corrected chi connectivity index (χ2v) is 7.26. The topological polar surface area (TPSA) is 166 Å². The van der Waals surface area contributed by atoms with Gasteiger partial charge in [0.1, 0.15) is 17.7 Å². The molecule has 5 amide bonds. The summed E-state index contributed by atoms with van der Waals surface area (Å²) >= 11 is 0. The molecular formula is C16H31N5O5. The number of nitrogens with one attached hydrogen (secondary N) is 3. The highest BCUT2D eigenvalue weighted by molar-refractivity contribution is 5.90. The second-order valence-electron chi connectivity index (χ2n) is 7.26. The van der Waals surface area contributed by atoms with Gasteiger partial charge in [-0.25, -0.2) is 9.59 Å². The highest BCUT2D eigenvalue weighted by atomic mass is 16.6. The summed E-state index contributed by atoms with van der Waals surface area (Å²) in [5.74, 6) is -1.50. The number of carbonyl (C=O) groups is 4. The highest BCUT2D eigenvalue weighted by Crippen LogP contribution is 2.09. The van der Waals surface area contributed by atoms with Gasteiger partial charge in [0.25, 0.3) is 0 Å². The fourth-order valence-electron chi connectivity index (χ4n) is 2.03. The zero-order chi connectivity index (χ0) is 20.5. The lowest BCUT2D eigenvalue weighted by molar-refractivity contribution is -0.129. The van der Waals surface area contributed by atoms with Gasteiger partial charge >= 0.3 is 12.1 Å². The first-order valence-corrected chi connectivity index (χ1v) is 8.46. The summed E-state index contributed by atoms with van der Waals surface area (Å²) in [5.41, 5.74) is 9.56. The number of primary amides is 2. The number of ether oxygens (including phenoxy) is 1. The van der Waals surface area contributed by atoms with Crippen LogP contribution >= 0.6 is 0 Å². The molecule has 0 aliphatic carbocycles. The second kappa shape index (κ2) is 10.5. The van der Waals surface area contributed by atoms with Crippen LogP contribution in [-0.2, 0) is 14.3 Å². The van der Waals surface area contributed by atoms with E-state index in [4.69, 9.17) is 16.2 Å². The quantitative estimate of drug-likeness (QED) is 0.357. The average Bonchev–Trinajstić information content (AvgIpc) is 2.44. The molecule has 26 heavy (non-hydrogen) atoms. The molecule has 10 nitrogen and oxygen atoms in total. The lowest BCUT2D eigenvalue weighted by Gasteiger charge is -2.26. The van der Waals surface area contributed by atoms with E-state index in [0.29, 0.717) is 6.42 Å². The fraction of sp³-hybridized carbons (Fsp3) is 0.750. The van der Waals surface area contributed by atoms with Crippen LogP contribution in [0, 0.1) is 5.92 Å². The molecule has 2 atom stereocenters. The van der Waals surface area contributed by atoms with Crippen LogP contribution in [0.1, 0.15) is 47.5 Å². The van der Waals surface area contributed by atoms with Gasteiger partial charge in [-0.15, -0.1) is 0 Å². The van der Waals surface area contributed by atoms with Gasteiger partial charge in [-0.1, -0.05) is 13.8 Å². The SMILES string of the molecule is CC(C)[C@H](NC(=O)OC(C)(C)C)C(=O)NC(CCCNC(N)=O)C(N)=O. The van der Waals surface area contributed by atoms with E-state index in [1.807, 2.05) is 0 Å². The van der Waals surface area contributed by atoms with Gasteiger partial charge in [0.15, 0.2) is 0 Å². The highest BCUT2D eigenvalue weighted by Gasteiger charge is 2.29. The molecule has 10 heteroatoms. The van der Waals surface area contributed by atoms with Crippen LogP contribution < -0.4 is 27.4 Å². The summed E-state index contributed by atoms with van der Waals surface area (Å²) in [4.78, 5) is 46.5. The molecule has 0 aliphatic rings. The van der Waals surface area contributed by atoms with Gasteiger partial charge in [0, 0.05) is 6.54 Å². The van der Waals surface area contributed by atoms with Crippen molar-refractivity contribution in [3.63, 3.8) is 0 Å². The first-order chi connectivity index (χ1) is 11.8. The number of nitrogens with two attached hydrogens (primary N) is 2. The number of amides is 5. The van der Waals surface area contributed by atoms with Crippen molar-refractivity contribution in [3.05, 3.63) is 0 Å². The normalized spacial score (nSPS) is 13.5. The van der Waals surface area contributed by atoms with Crippen molar-refractivity contribution in [1.29, 1.82) is 0 Å². The van der Waals surface area contributed by atoms with E-state index < -0.39 is 41.6 Å². The Morgan fingerprint density at radius 1 is 1.04 bits per heavy atom. The zero-order valence-electron chi connectivity index (χ0n) is 16.0. The third kappa shape index (κ3) is 10.4. The molecule has 0 bridgehead atoms. The van der Waals surface area contributed by atoms with E-state index in [0.717, 1.165) is 0 Å². The Bertz CT molecular complexity index is 516. The van der Waals surface area contributed by atoms with Gasteiger partial charge in [-0.3, -0.25) is 9.59 Å². The number of rotatable bonds is 9. The third-order valence-electron chi connectivity index (χ3n) is 3.25. The Kier molecular flexibility index (Phi) is 9.45. The number of alkyl carbamates (subject to hydrolysis) is 1. The van der Waals surface area contributed by atoms with Gasteiger partial charge < -0.3 is 32.2 Å². The third-order valence-corrected chi connectivity index (χ3v) is 3.25. The summed E-state index contributed by atoms with van der Waals surface area (Å²) < 4.78 is 5.15. The molecule has 0 aromatic carbocycles. The molecule has 0 aliphatic heterocycles. The van der Waals surface area contributed by atoms with Crippen molar-refractivity contribution in [3.8, 4) is 0 Å². The molecule has 0 fully saturated rings. The Labute approximate surface area is 153 Å². The molecule has 0 spiro atoms. The Morgan fingerprint density at radius 2 is 1.62 bits per heavy atom. The van der Waals surface area contributed by atoms with Crippen molar-refractivity contribution < 1.29 is 23.9 Å². The molecule has 7 N–H and O–H groups in total. The predicted molar refractivity (Wildman–Crippen MR) is 95.9 cm³/mol. The molecule has 0 aromatic heterocycles. The van der Waals surface area contributed by atoms with E-state index in [9.17, 15) is 19.2 Å². The van der Waals surface area contributed by atoms with E-state index in [1.165, 1.54) is 0 Å². The molecule has 0 rings (SSSR count). The molecule has 0 heterocycles. The lowest BCUT2D eigenvalue weighted by atomic mass is 10.0. The largest absolute Gasteiger partial charge is 0.444 e. The summed E-state index contributed by atoms with van der Waals surface area (Å²) in [5, 5.41) is 7.41. The van der Waals surface area contributed by atoms with E-state index >= 15 is 0 Å². The predicted octanol–water partition coefficient (Wildman–Crippen LogP) is -0.0457. The van der Waals surface area contributed by atoms with Crippen LogP contribution in [0.25, 0.3) is 0 Å². The fourth-order valence-corrected chi connectivity index (χ4v) is 2.03. The Balaban J connectivity index is 4.80. The van der Waals surface area contributed by atoms with Gasteiger partial charge in [0.2, 0.25) is 11.8 Å².